The second kappa shape index (κ2) is 19.5. The normalized spacial score (nSPS) is 16.4. The maximum absolute atomic E-state index is 14.6. The van der Waals surface area contributed by atoms with E-state index in [1.54, 1.807) is 18.4 Å². The summed E-state index contributed by atoms with van der Waals surface area (Å²) in [7, 11) is 1.34. The second-order valence-corrected chi connectivity index (χ2v) is 17.7. The average molecular weight is 931 g/mol. The highest BCUT2D eigenvalue weighted by Gasteiger charge is 2.55. The van der Waals surface area contributed by atoms with Gasteiger partial charge in [0.1, 0.15) is 41.7 Å². The van der Waals surface area contributed by atoms with Crippen molar-refractivity contribution in [2.45, 2.75) is 30.0 Å². The predicted octanol–water partition coefficient (Wildman–Crippen LogP) is 9.15. The lowest BCUT2D eigenvalue weighted by atomic mass is 9.77. The fourth-order valence-corrected chi connectivity index (χ4v) is 10.4. The van der Waals surface area contributed by atoms with Crippen LogP contribution in [0.25, 0.3) is 4.91 Å². The second-order valence-electron chi connectivity index (χ2n) is 15.3. The monoisotopic (exact) mass is 930 g/mol. The third-order valence-electron chi connectivity index (χ3n) is 11.1. The van der Waals surface area contributed by atoms with Crippen molar-refractivity contribution in [1.82, 2.24) is 20.2 Å². The molecule has 2 aromatic heterocycles. The first kappa shape index (κ1) is 44.0. The molecule has 7 aromatic rings. The van der Waals surface area contributed by atoms with Gasteiger partial charge >= 0.3 is 5.97 Å². The Hall–Kier alpha value is -7.20. The third kappa shape index (κ3) is 8.80. The Morgan fingerprint density at radius 3 is 1.91 bits per heavy atom. The number of allylic oxidation sites excluding steroid dienone is 1. The summed E-state index contributed by atoms with van der Waals surface area (Å²) in [6.07, 6.45) is 2.38. The number of esters is 1. The minimum absolute atomic E-state index is 0.0284. The van der Waals surface area contributed by atoms with E-state index < -0.39 is 40.8 Å². The van der Waals surface area contributed by atoms with E-state index in [0.29, 0.717) is 21.3 Å². The fraction of sp³-hybridized carbons (Fsp3) is 0.137. The van der Waals surface area contributed by atoms with Crippen LogP contribution in [0, 0.1) is 6.92 Å². The molecule has 9 rings (SSSR count). The summed E-state index contributed by atoms with van der Waals surface area (Å²) in [5.74, 6) is -1.41. The van der Waals surface area contributed by atoms with Crippen LogP contribution in [0.3, 0.4) is 0 Å². The molecule has 15 heteroatoms. The number of oxime groups is 1. The number of carbonyl (C=O) groups excluding carboxylic acids is 3. The van der Waals surface area contributed by atoms with Crippen LogP contribution in [-0.4, -0.2) is 62.6 Å². The number of aryl methyl sites for hydroxylation is 1. The summed E-state index contributed by atoms with van der Waals surface area (Å²) in [6, 6.07) is 48.0. The topological polar surface area (TPSA) is 148 Å². The van der Waals surface area contributed by atoms with Crippen molar-refractivity contribution in [3.8, 4) is 0 Å². The quantitative estimate of drug-likeness (QED) is 0.0227. The smallest absolute Gasteiger partial charge is 0.356 e. The lowest BCUT2D eigenvalue weighted by Gasteiger charge is -2.49. The van der Waals surface area contributed by atoms with E-state index in [1.807, 2.05) is 115 Å². The number of benzene rings is 5. The van der Waals surface area contributed by atoms with E-state index in [4.69, 9.17) is 19.0 Å². The number of thiol groups is 1. The fourth-order valence-electron chi connectivity index (χ4n) is 8.08. The number of amides is 2. The number of anilines is 1. The van der Waals surface area contributed by atoms with Crippen molar-refractivity contribution >= 4 is 69.3 Å². The Balaban J connectivity index is 1.00. The van der Waals surface area contributed by atoms with E-state index in [-0.39, 0.29) is 28.7 Å². The van der Waals surface area contributed by atoms with Gasteiger partial charge in [-0.25, -0.2) is 14.8 Å². The number of carbonyl (C=O) groups is 3. The molecule has 0 aliphatic carbocycles. The molecule has 0 radical (unpaired) electrons. The number of β-lactam (4-membered cyclic amide) rings is 1. The van der Waals surface area contributed by atoms with Crippen molar-refractivity contribution in [2.75, 3.05) is 18.2 Å². The van der Waals surface area contributed by atoms with Crippen LogP contribution in [0.1, 0.15) is 51.2 Å². The minimum Gasteiger partial charge on any atom is -0.448 e. The van der Waals surface area contributed by atoms with E-state index in [9.17, 15) is 14.4 Å². The van der Waals surface area contributed by atoms with E-state index in [0.717, 1.165) is 27.8 Å². The van der Waals surface area contributed by atoms with Gasteiger partial charge in [-0.2, -0.15) is 0 Å². The van der Waals surface area contributed by atoms with Crippen LogP contribution in [-0.2, 0) is 29.5 Å². The number of ether oxygens (including phenoxy) is 1. The number of thioether (sulfide) groups is 1. The number of aromatic nitrogens is 2. The van der Waals surface area contributed by atoms with Crippen LogP contribution in [0.4, 0.5) is 5.13 Å². The molecule has 2 aliphatic heterocycles. The van der Waals surface area contributed by atoms with Gasteiger partial charge in [-0.1, -0.05) is 157 Å². The molecule has 2 amide bonds. The molecule has 12 nitrogen and oxygen atoms in total. The highest BCUT2D eigenvalue weighted by Crippen LogP contribution is 2.44. The number of hydrogen-bond acceptors (Lipinski definition) is 13. The summed E-state index contributed by atoms with van der Waals surface area (Å²) in [4.78, 5) is 59.4. The Bertz CT molecular complexity index is 2810. The standard InChI is InChI=1S/C51H42N6O6S3/c1-32-29-62-46(52-32)40(64)28-35-30-65-48-42(47(59)57(48)43(35)49(60)63-44(33-18-8-3-9-19-33)34-20-10-4-11-21-34)54-45(58)41(56-61-2)39-31-66-50(53-39)55-51(36-22-12-5-13-23-36,37-24-14-6-15-25-37)38-26-16-7-17-27-38/h3-29,31,42,44,48,64H,30H2,1-2H3,(H,53,55)(H,54,58). The van der Waals surface area contributed by atoms with Gasteiger partial charge in [-0.3, -0.25) is 14.5 Å². The molecule has 0 spiro atoms. The van der Waals surface area contributed by atoms with E-state index in [1.165, 1.54) is 41.4 Å². The van der Waals surface area contributed by atoms with Crippen LogP contribution in [0.15, 0.2) is 190 Å². The van der Waals surface area contributed by atoms with Crippen molar-refractivity contribution < 1.29 is 28.4 Å². The molecule has 2 N–H and O–H groups in total. The highest BCUT2D eigenvalue weighted by molar-refractivity contribution is 8.00. The Morgan fingerprint density at radius 1 is 0.848 bits per heavy atom. The van der Waals surface area contributed by atoms with Crippen molar-refractivity contribution in [3.63, 3.8) is 0 Å². The van der Waals surface area contributed by atoms with Crippen molar-refractivity contribution in [1.29, 1.82) is 0 Å². The molecule has 2 atom stereocenters. The van der Waals surface area contributed by atoms with Gasteiger partial charge in [0.05, 0.1) is 10.6 Å². The predicted molar refractivity (Wildman–Crippen MR) is 260 cm³/mol. The summed E-state index contributed by atoms with van der Waals surface area (Å²) in [5.41, 5.74) is 4.82. The first-order valence-corrected chi connectivity index (χ1v) is 23.3. The number of nitrogens with zero attached hydrogens (tertiary/aromatic N) is 4. The number of rotatable bonds is 15. The zero-order valence-electron chi connectivity index (χ0n) is 35.6. The van der Waals surface area contributed by atoms with Crippen LogP contribution in [0.2, 0.25) is 0 Å². The molecular weight excluding hydrogens is 889 g/mol. The van der Waals surface area contributed by atoms with Crippen LogP contribution in [0.5, 0.6) is 0 Å². The SMILES string of the molecule is CON=C(C(=O)NC1C(=O)N2C(C(=O)OC(c3ccccc3)c3ccccc3)=C(C=C(S)c3nc(C)co3)CSC12)c1csc(NC(c2ccccc2)(c2ccccc2)c2ccccc2)n1. The molecule has 330 valence electrons. The maximum atomic E-state index is 14.6. The maximum Gasteiger partial charge on any atom is 0.356 e. The molecule has 0 saturated carbocycles. The molecular formula is C51H42N6O6S3. The Labute approximate surface area is 394 Å². The Morgan fingerprint density at radius 2 is 1.39 bits per heavy atom. The first-order chi connectivity index (χ1) is 32.2. The zero-order valence-corrected chi connectivity index (χ0v) is 38.1. The number of fused-ring (bicyclic) bond motifs is 1. The molecule has 2 aliphatic rings. The Kier molecular flexibility index (Phi) is 13.0. The average Bonchev–Trinajstić information content (AvgIpc) is 4.03. The molecule has 2 unspecified atom stereocenters. The van der Waals surface area contributed by atoms with Crippen LogP contribution < -0.4 is 10.6 Å². The molecule has 4 heterocycles. The summed E-state index contributed by atoms with van der Waals surface area (Å²) in [6.45, 7) is 1.79. The molecule has 1 saturated heterocycles. The lowest BCUT2D eigenvalue weighted by molar-refractivity contribution is -0.154. The summed E-state index contributed by atoms with van der Waals surface area (Å²) in [5, 5.41) is 12.3. The largest absolute Gasteiger partial charge is 0.448 e. The summed E-state index contributed by atoms with van der Waals surface area (Å²) < 4.78 is 11.9. The minimum atomic E-state index is -1.03. The molecule has 1 fully saturated rings. The van der Waals surface area contributed by atoms with Crippen LogP contribution >= 0.6 is 35.7 Å². The summed E-state index contributed by atoms with van der Waals surface area (Å²) >= 11 is 7.34. The van der Waals surface area contributed by atoms with Crippen molar-refractivity contribution in [3.05, 3.63) is 226 Å². The third-order valence-corrected chi connectivity index (χ3v) is 13.5. The van der Waals surface area contributed by atoms with Gasteiger partial charge < -0.3 is 24.6 Å². The van der Waals surface area contributed by atoms with E-state index >= 15 is 0 Å². The lowest BCUT2D eigenvalue weighted by Crippen LogP contribution is -2.71. The van der Waals surface area contributed by atoms with E-state index in [2.05, 4.69) is 69.8 Å². The number of nitrogens with one attached hydrogen (secondary N) is 2. The van der Waals surface area contributed by atoms with Gasteiger partial charge in [0, 0.05) is 11.1 Å². The molecule has 0 bridgehead atoms. The van der Waals surface area contributed by atoms with Crippen molar-refractivity contribution in [2.24, 2.45) is 5.16 Å². The highest BCUT2D eigenvalue weighted by atomic mass is 32.2. The van der Waals surface area contributed by atoms with Gasteiger partial charge in [0.15, 0.2) is 16.9 Å². The first-order valence-electron chi connectivity index (χ1n) is 20.9. The van der Waals surface area contributed by atoms with Gasteiger partial charge in [0.25, 0.3) is 11.8 Å². The van der Waals surface area contributed by atoms with Gasteiger partial charge in [0.2, 0.25) is 5.89 Å². The molecule has 66 heavy (non-hydrogen) atoms. The number of hydrogen-bond donors (Lipinski definition) is 3. The number of thiazole rings is 1. The van der Waals surface area contributed by atoms with Gasteiger partial charge in [-0.15, -0.1) is 35.7 Å². The number of oxazole rings is 1. The molecule has 5 aromatic carbocycles. The zero-order chi connectivity index (χ0) is 45.6. The van der Waals surface area contributed by atoms with Gasteiger partial charge in [-0.05, 0) is 46.4 Å².